The van der Waals surface area contributed by atoms with Gasteiger partial charge in [0.05, 0.1) is 5.69 Å². The quantitative estimate of drug-likeness (QED) is 0.901. The van der Waals surface area contributed by atoms with Crippen LogP contribution in [-0.2, 0) is 0 Å². The van der Waals surface area contributed by atoms with Gasteiger partial charge in [-0.25, -0.2) is 0 Å². The number of anilines is 1. The summed E-state index contributed by atoms with van der Waals surface area (Å²) in [6.45, 7) is 3.41. The van der Waals surface area contributed by atoms with Gasteiger partial charge in [-0.05, 0) is 56.8 Å². The van der Waals surface area contributed by atoms with E-state index in [1.807, 2.05) is 0 Å². The van der Waals surface area contributed by atoms with Crippen LogP contribution in [-0.4, -0.2) is 36.9 Å². The first-order chi connectivity index (χ1) is 9.33. The van der Waals surface area contributed by atoms with Crippen molar-refractivity contribution < 1.29 is 0 Å². The molecule has 2 heterocycles. The van der Waals surface area contributed by atoms with Crippen LogP contribution in [0.1, 0.15) is 43.7 Å². The van der Waals surface area contributed by atoms with Crippen molar-refractivity contribution in [2.75, 3.05) is 31.6 Å². The highest BCUT2D eigenvalue weighted by atomic mass is 15.2. The number of nitrogens with one attached hydrogen (secondary N) is 1. The molecule has 104 valence electrons. The fourth-order valence-electron chi connectivity index (χ4n) is 3.01. The second-order valence-corrected chi connectivity index (χ2v) is 6.02. The van der Waals surface area contributed by atoms with Gasteiger partial charge < -0.3 is 10.2 Å². The molecular formula is C15H24N4. The van der Waals surface area contributed by atoms with Crippen molar-refractivity contribution in [1.29, 1.82) is 0 Å². The third-order valence-electron chi connectivity index (χ3n) is 4.58. The smallest absolute Gasteiger partial charge is 0.150 e. The lowest BCUT2D eigenvalue weighted by Crippen LogP contribution is -2.34. The molecule has 1 aliphatic heterocycles. The van der Waals surface area contributed by atoms with E-state index in [2.05, 4.69) is 39.6 Å². The minimum absolute atomic E-state index is 0.677. The summed E-state index contributed by atoms with van der Waals surface area (Å²) < 4.78 is 0. The molecule has 1 aromatic rings. The molecule has 0 spiro atoms. The average molecular weight is 260 g/mol. The van der Waals surface area contributed by atoms with Gasteiger partial charge in [0.1, 0.15) is 0 Å². The maximum absolute atomic E-state index is 4.41. The minimum Gasteiger partial charge on any atom is -0.358 e. The summed E-state index contributed by atoms with van der Waals surface area (Å²) in [5.41, 5.74) is 1.19. The Labute approximate surface area is 115 Å². The zero-order valence-corrected chi connectivity index (χ0v) is 11.8. The largest absolute Gasteiger partial charge is 0.358 e. The maximum Gasteiger partial charge on any atom is 0.150 e. The Morgan fingerprint density at radius 2 is 1.95 bits per heavy atom. The second-order valence-electron chi connectivity index (χ2n) is 6.02. The predicted octanol–water partition coefficient (Wildman–Crippen LogP) is 2.18. The van der Waals surface area contributed by atoms with Gasteiger partial charge >= 0.3 is 0 Å². The van der Waals surface area contributed by atoms with Crippen molar-refractivity contribution in [1.82, 2.24) is 15.5 Å². The summed E-state index contributed by atoms with van der Waals surface area (Å²) in [4.78, 5) is 2.26. The summed E-state index contributed by atoms with van der Waals surface area (Å²) in [7, 11) is 2.13. The molecule has 3 rings (SSSR count). The van der Waals surface area contributed by atoms with Gasteiger partial charge in [-0.3, -0.25) is 0 Å². The van der Waals surface area contributed by atoms with Crippen molar-refractivity contribution in [2.45, 2.75) is 38.0 Å². The highest BCUT2D eigenvalue weighted by Gasteiger charge is 2.21. The monoisotopic (exact) mass is 260 g/mol. The third kappa shape index (κ3) is 3.06. The van der Waals surface area contributed by atoms with Crippen molar-refractivity contribution in [2.24, 2.45) is 5.92 Å². The first-order valence-corrected chi connectivity index (χ1v) is 7.58. The topological polar surface area (TPSA) is 41.0 Å². The average Bonchev–Trinajstić information content (AvgIpc) is 2.39. The Hall–Kier alpha value is -1.16. The first-order valence-electron chi connectivity index (χ1n) is 7.58. The SMILES string of the molecule is CN(CC1CCNCC1)c1ccc(C2CCC2)nn1. The van der Waals surface area contributed by atoms with E-state index in [0.717, 1.165) is 31.4 Å². The van der Waals surface area contributed by atoms with Crippen LogP contribution in [0.25, 0.3) is 0 Å². The Morgan fingerprint density at radius 1 is 1.16 bits per heavy atom. The summed E-state index contributed by atoms with van der Waals surface area (Å²) in [5.74, 6) is 2.48. The van der Waals surface area contributed by atoms with Gasteiger partial charge in [-0.1, -0.05) is 6.42 Å². The van der Waals surface area contributed by atoms with Crippen molar-refractivity contribution >= 4 is 5.82 Å². The van der Waals surface area contributed by atoms with Crippen molar-refractivity contribution in [3.05, 3.63) is 17.8 Å². The van der Waals surface area contributed by atoms with Crippen molar-refractivity contribution in [3.63, 3.8) is 0 Å². The Kier molecular flexibility index (Phi) is 3.97. The first kappa shape index (κ1) is 12.9. The Bertz CT molecular complexity index is 393. The predicted molar refractivity (Wildman–Crippen MR) is 77.5 cm³/mol. The molecule has 0 amide bonds. The van der Waals surface area contributed by atoms with E-state index in [1.54, 1.807) is 0 Å². The van der Waals surface area contributed by atoms with E-state index in [-0.39, 0.29) is 0 Å². The molecule has 1 aromatic heterocycles. The van der Waals surface area contributed by atoms with Crippen LogP contribution in [0.2, 0.25) is 0 Å². The van der Waals surface area contributed by atoms with Crippen LogP contribution in [0.15, 0.2) is 12.1 Å². The van der Waals surface area contributed by atoms with Gasteiger partial charge in [0.15, 0.2) is 5.82 Å². The number of hydrogen-bond donors (Lipinski definition) is 1. The van der Waals surface area contributed by atoms with E-state index < -0.39 is 0 Å². The van der Waals surface area contributed by atoms with Gasteiger partial charge in [0, 0.05) is 19.5 Å². The lowest BCUT2D eigenvalue weighted by molar-refractivity contribution is 0.377. The van der Waals surface area contributed by atoms with E-state index in [9.17, 15) is 0 Å². The van der Waals surface area contributed by atoms with Crippen LogP contribution >= 0.6 is 0 Å². The zero-order valence-electron chi connectivity index (χ0n) is 11.8. The fourth-order valence-corrected chi connectivity index (χ4v) is 3.01. The van der Waals surface area contributed by atoms with E-state index in [4.69, 9.17) is 0 Å². The fraction of sp³-hybridized carbons (Fsp3) is 0.733. The number of aromatic nitrogens is 2. The maximum atomic E-state index is 4.41. The number of rotatable bonds is 4. The van der Waals surface area contributed by atoms with E-state index in [1.165, 1.54) is 37.8 Å². The number of hydrogen-bond acceptors (Lipinski definition) is 4. The van der Waals surface area contributed by atoms with E-state index in [0.29, 0.717) is 5.92 Å². The van der Waals surface area contributed by atoms with Crippen LogP contribution in [0, 0.1) is 5.92 Å². The lowest BCUT2D eigenvalue weighted by Gasteiger charge is -2.28. The summed E-state index contributed by atoms with van der Waals surface area (Å²) >= 11 is 0. The molecule has 2 fully saturated rings. The van der Waals surface area contributed by atoms with Gasteiger partial charge in [0.2, 0.25) is 0 Å². The van der Waals surface area contributed by atoms with Crippen LogP contribution < -0.4 is 10.2 Å². The zero-order chi connectivity index (χ0) is 13.1. The molecule has 1 saturated heterocycles. The lowest BCUT2D eigenvalue weighted by atomic mass is 9.83. The normalized spacial score (nSPS) is 21.1. The summed E-state index contributed by atoms with van der Waals surface area (Å²) in [6, 6.07) is 4.31. The molecule has 19 heavy (non-hydrogen) atoms. The molecule has 0 atom stereocenters. The molecule has 1 aliphatic carbocycles. The van der Waals surface area contributed by atoms with Gasteiger partial charge in [0.25, 0.3) is 0 Å². The molecule has 4 heteroatoms. The molecule has 1 N–H and O–H groups in total. The van der Waals surface area contributed by atoms with Gasteiger partial charge in [-0.2, -0.15) is 5.10 Å². The highest BCUT2D eigenvalue weighted by molar-refractivity contribution is 5.36. The molecule has 0 bridgehead atoms. The van der Waals surface area contributed by atoms with E-state index >= 15 is 0 Å². The van der Waals surface area contributed by atoms with Crippen LogP contribution in [0.4, 0.5) is 5.82 Å². The molecular weight excluding hydrogens is 236 g/mol. The molecule has 0 radical (unpaired) electrons. The standard InChI is InChI=1S/C15H24N4/c1-19(11-12-7-9-16-10-8-12)15-6-5-14(17-18-15)13-3-2-4-13/h5-6,12-13,16H,2-4,7-11H2,1H3. The van der Waals surface area contributed by atoms with Crippen molar-refractivity contribution in [3.8, 4) is 0 Å². The molecule has 1 saturated carbocycles. The molecule has 4 nitrogen and oxygen atoms in total. The Balaban J connectivity index is 1.57. The second kappa shape index (κ2) is 5.87. The third-order valence-corrected chi connectivity index (χ3v) is 4.58. The summed E-state index contributed by atoms with van der Waals surface area (Å²) in [6.07, 6.45) is 6.48. The molecule has 0 unspecified atom stereocenters. The summed E-state index contributed by atoms with van der Waals surface area (Å²) in [5, 5.41) is 12.2. The van der Waals surface area contributed by atoms with Gasteiger partial charge in [-0.15, -0.1) is 5.10 Å². The molecule has 0 aromatic carbocycles. The minimum atomic E-state index is 0.677. The van der Waals surface area contributed by atoms with Crippen LogP contribution in [0.3, 0.4) is 0 Å². The highest BCUT2D eigenvalue weighted by Crippen LogP contribution is 2.35. The number of nitrogens with zero attached hydrogens (tertiary/aromatic N) is 3. The molecule has 2 aliphatic rings. The van der Waals surface area contributed by atoms with Crippen LogP contribution in [0.5, 0.6) is 0 Å². The number of piperidine rings is 1. The Morgan fingerprint density at radius 3 is 2.53 bits per heavy atom.